The van der Waals surface area contributed by atoms with Gasteiger partial charge in [0.15, 0.2) is 0 Å². The van der Waals surface area contributed by atoms with E-state index in [0.717, 1.165) is 6.07 Å². The average molecular weight is 414 g/mol. The molecule has 0 saturated heterocycles. The molecule has 0 radical (unpaired) electrons. The Morgan fingerprint density at radius 1 is 1.25 bits per heavy atom. The molecule has 9 nitrogen and oxygen atoms in total. The van der Waals surface area contributed by atoms with Gasteiger partial charge in [0, 0.05) is 21.9 Å². The summed E-state index contributed by atoms with van der Waals surface area (Å²) in [6.07, 6.45) is 1.42. The maximum atomic E-state index is 12.3. The Balaban J connectivity index is 2.23. The zero-order valence-corrected chi connectivity index (χ0v) is 14.7. The number of carbonyl (C=O) groups excluding carboxylic acids is 2. The van der Waals surface area contributed by atoms with Crippen molar-refractivity contribution in [2.75, 3.05) is 5.32 Å². The second-order valence-electron chi connectivity index (χ2n) is 4.59. The summed E-state index contributed by atoms with van der Waals surface area (Å²) in [6, 6.07) is 4.33. The highest BCUT2D eigenvalue weighted by Crippen LogP contribution is 2.23. The number of hydrogen-bond donors (Lipinski definition) is 3. The molecule has 0 aliphatic heterocycles. The van der Waals surface area contributed by atoms with Gasteiger partial charge in [-0.25, -0.2) is 27.9 Å². The first kappa shape index (κ1) is 17.8. The van der Waals surface area contributed by atoms with Crippen LogP contribution >= 0.6 is 15.9 Å². The van der Waals surface area contributed by atoms with Crippen molar-refractivity contribution < 1.29 is 18.0 Å². The minimum atomic E-state index is -4.25. The fourth-order valence-electron chi connectivity index (χ4n) is 1.68. The number of urea groups is 1. The SMILES string of the molecule is Cc1ccnc(NC(=O)NS(=O)(=O)c2cc(C(N)=O)ccc2Br)n1. The van der Waals surface area contributed by atoms with Crippen molar-refractivity contribution in [3.8, 4) is 0 Å². The van der Waals surface area contributed by atoms with Crippen LogP contribution in [0.25, 0.3) is 0 Å². The summed E-state index contributed by atoms with van der Waals surface area (Å²) in [6.45, 7) is 1.69. The molecule has 0 spiro atoms. The van der Waals surface area contributed by atoms with Crippen molar-refractivity contribution in [1.29, 1.82) is 0 Å². The molecule has 4 N–H and O–H groups in total. The van der Waals surface area contributed by atoms with Gasteiger partial charge in [0.2, 0.25) is 11.9 Å². The predicted octanol–water partition coefficient (Wildman–Crippen LogP) is 1.16. The number of nitrogens with one attached hydrogen (secondary N) is 2. The van der Waals surface area contributed by atoms with E-state index in [1.54, 1.807) is 13.0 Å². The Morgan fingerprint density at radius 2 is 1.96 bits per heavy atom. The number of rotatable bonds is 4. The monoisotopic (exact) mass is 413 g/mol. The zero-order valence-electron chi connectivity index (χ0n) is 12.3. The molecule has 0 aliphatic rings. The van der Waals surface area contributed by atoms with E-state index in [1.807, 2.05) is 4.72 Å². The van der Waals surface area contributed by atoms with Crippen molar-refractivity contribution >= 4 is 43.8 Å². The van der Waals surface area contributed by atoms with Crippen LogP contribution < -0.4 is 15.8 Å². The van der Waals surface area contributed by atoms with Crippen LogP contribution in [0.4, 0.5) is 10.7 Å². The Kier molecular flexibility index (Phi) is 5.14. The van der Waals surface area contributed by atoms with Crippen molar-refractivity contribution in [2.45, 2.75) is 11.8 Å². The Hall–Kier alpha value is -2.53. The molecule has 0 aliphatic carbocycles. The van der Waals surface area contributed by atoms with Crippen LogP contribution in [0.15, 0.2) is 39.8 Å². The lowest BCUT2D eigenvalue weighted by molar-refractivity contribution is 0.1000. The number of aryl methyl sites for hydroxylation is 1. The highest BCUT2D eigenvalue weighted by atomic mass is 79.9. The van der Waals surface area contributed by atoms with Gasteiger partial charge in [0.1, 0.15) is 4.90 Å². The summed E-state index contributed by atoms with van der Waals surface area (Å²) in [7, 11) is -4.25. The van der Waals surface area contributed by atoms with Gasteiger partial charge in [-0.3, -0.25) is 10.1 Å². The largest absolute Gasteiger partial charge is 0.366 e. The third-order valence-corrected chi connectivity index (χ3v) is 5.08. The standard InChI is InChI=1S/C13H12BrN5O4S/c1-7-4-5-16-12(17-7)18-13(21)19-24(22,23)10-6-8(11(15)20)2-3-9(10)14/h2-6H,1H3,(H2,15,20)(H2,16,17,18,19,21). The number of nitrogens with zero attached hydrogens (tertiary/aromatic N) is 2. The lowest BCUT2D eigenvalue weighted by atomic mass is 10.2. The molecule has 0 fully saturated rings. The number of benzene rings is 1. The number of halogens is 1. The van der Waals surface area contributed by atoms with E-state index >= 15 is 0 Å². The topological polar surface area (TPSA) is 144 Å². The smallest absolute Gasteiger partial charge is 0.335 e. The van der Waals surface area contributed by atoms with Crippen molar-refractivity contribution in [2.24, 2.45) is 5.73 Å². The Bertz CT molecular complexity index is 916. The molecule has 1 aromatic carbocycles. The number of sulfonamides is 1. The maximum absolute atomic E-state index is 12.3. The van der Waals surface area contributed by atoms with E-state index in [9.17, 15) is 18.0 Å². The number of nitrogens with two attached hydrogens (primary N) is 1. The number of primary amides is 1. The molecular formula is C13H12BrN5O4S. The van der Waals surface area contributed by atoms with E-state index < -0.39 is 22.0 Å². The molecule has 2 rings (SSSR count). The summed E-state index contributed by atoms with van der Waals surface area (Å²) in [5.74, 6) is -0.843. The normalized spacial score (nSPS) is 10.9. The van der Waals surface area contributed by atoms with Crippen LogP contribution in [0.3, 0.4) is 0 Å². The lowest BCUT2D eigenvalue weighted by Crippen LogP contribution is -2.35. The molecule has 11 heteroatoms. The summed E-state index contributed by atoms with van der Waals surface area (Å²) in [5, 5.41) is 2.21. The summed E-state index contributed by atoms with van der Waals surface area (Å²) in [5.41, 5.74) is 5.71. The van der Waals surface area contributed by atoms with Crippen molar-refractivity contribution in [3.05, 3.63) is 46.2 Å². The van der Waals surface area contributed by atoms with Gasteiger partial charge in [0.05, 0.1) is 0 Å². The number of carbonyl (C=O) groups is 2. The summed E-state index contributed by atoms with van der Waals surface area (Å²) >= 11 is 3.05. The van der Waals surface area contributed by atoms with E-state index in [4.69, 9.17) is 5.73 Å². The second-order valence-corrected chi connectivity index (χ2v) is 7.10. The minimum absolute atomic E-state index is 0.0130. The number of amides is 3. The van der Waals surface area contributed by atoms with Crippen LogP contribution in [0.1, 0.15) is 16.1 Å². The molecule has 0 saturated carbocycles. The highest BCUT2D eigenvalue weighted by Gasteiger charge is 2.22. The van der Waals surface area contributed by atoms with Gasteiger partial charge >= 0.3 is 6.03 Å². The first-order valence-electron chi connectivity index (χ1n) is 6.42. The van der Waals surface area contributed by atoms with Crippen molar-refractivity contribution in [3.63, 3.8) is 0 Å². The fourth-order valence-corrected chi connectivity index (χ4v) is 3.57. The number of aromatic nitrogens is 2. The fraction of sp³-hybridized carbons (Fsp3) is 0.0769. The lowest BCUT2D eigenvalue weighted by Gasteiger charge is -2.10. The second kappa shape index (κ2) is 6.93. The van der Waals surface area contributed by atoms with Gasteiger partial charge in [-0.05, 0) is 47.1 Å². The molecule has 3 amide bonds. The number of hydrogen-bond acceptors (Lipinski definition) is 6. The van der Waals surface area contributed by atoms with Crippen LogP contribution in [0, 0.1) is 6.92 Å². The highest BCUT2D eigenvalue weighted by molar-refractivity contribution is 9.10. The van der Waals surface area contributed by atoms with Crippen molar-refractivity contribution in [1.82, 2.24) is 14.7 Å². The predicted molar refractivity (Wildman–Crippen MR) is 88.8 cm³/mol. The average Bonchev–Trinajstić information content (AvgIpc) is 2.46. The van der Waals surface area contributed by atoms with Gasteiger partial charge in [-0.1, -0.05) is 0 Å². The van der Waals surface area contributed by atoms with Gasteiger partial charge < -0.3 is 5.73 Å². The molecule has 126 valence electrons. The van der Waals surface area contributed by atoms with E-state index in [1.165, 1.54) is 18.3 Å². The Morgan fingerprint density at radius 3 is 2.58 bits per heavy atom. The van der Waals surface area contributed by atoms with Crippen LogP contribution in [-0.4, -0.2) is 30.3 Å². The molecule has 1 aromatic heterocycles. The Labute approximate surface area is 145 Å². The summed E-state index contributed by atoms with van der Waals surface area (Å²) in [4.78, 5) is 30.4. The molecule has 0 unspecified atom stereocenters. The van der Waals surface area contributed by atoms with E-state index in [2.05, 4.69) is 31.2 Å². The molecular weight excluding hydrogens is 402 g/mol. The van der Waals surface area contributed by atoms with Crippen LogP contribution in [0.2, 0.25) is 0 Å². The first-order chi connectivity index (χ1) is 11.2. The molecule has 1 heterocycles. The van der Waals surface area contributed by atoms with Gasteiger partial charge in [-0.15, -0.1) is 0 Å². The number of anilines is 1. The van der Waals surface area contributed by atoms with E-state index in [0.29, 0.717) is 5.69 Å². The third kappa shape index (κ3) is 4.26. The molecule has 24 heavy (non-hydrogen) atoms. The molecule has 2 aromatic rings. The summed E-state index contributed by atoms with van der Waals surface area (Å²) < 4.78 is 26.6. The maximum Gasteiger partial charge on any atom is 0.335 e. The molecule has 0 atom stereocenters. The van der Waals surface area contributed by atoms with Crippen LogP contribution in [-0.2, 0) is 10.0 Å². The third-order valence-electron chi connectivity index (χ3n) is 2.75. The van der Waals surface area contributed by atoms with Gasteiger partial charge in [0.25, 0.3) is 10.0 Å². The van der Waals surface area contributed by atoms with E-state index in [-0.39, 0.29) is 20.9 Å². The van der Waals surface area contributed by atoms with Crippen LogP contribution in [0.5, 0.6) is 0 Å². The quantitative estimate of drug-likeness (QED) is 0.685. The molecule has 0 bridgehead atoms. The minimum Gasteiger partial charge on any atom is -0.366 e. The zero-order chi connectivity index (χ0) is 17.9. The van der Waals surface area contributed by atoms with Gasteiger partial charge in [-0.2, -0.15) is 0 Å². The first-order valence-corrected chi connectivity index (χ1v) is 8.69.